The van der Waals surface area contributed by atoms with Gasteiger partial charge in [-0.1, -0.05) is 36.4 Å². The zero-order chi connectivity index (χ0) is 25.1. The summed E-state index contributed by atoms with van der Waals surface area (Å²) < 4.78 is 13.2. The molecule has 7 heteroatoms. The molecule has 3 aromatic carbocycles. The largest absolute Gasteiger partial charge is 0.395 e. The highest BCUT2D eigenvalue weighted by Crippen LogP contribution is 2.42. The highest BCUT2D eigenvalue weighted by Gasteiger charge is 2.49. The molecule has 2 amide bonds. The van der Waals surface area contributed by atoms with Crippen molar-refractivity contribution in [1.29, 1.82) is 5.26 Å². The average Bonchev–Trinajstić information content (AvgIpc) is 2.89. The van der Waals surface area contributed by atoms with Crippen molar-refractivity contribution in [2.45, 2.75) is 30.8 Å². The SMILES string of the molecule is N#Cc1ccc(-c2ccc([C@@H]3[C@@H](CO)N4CCCCN(C(=O)Nc5ccc(F)cc5)C[C@H]34)cc2)cc1. The number of carbonyl (C=O) groups excluding carboxylic acids is 1. The number of benzene rings is 3. The van der Waals surface area contributed by atoms with Crippen LogP contribution in [0.3, 0.4) is 0 Å². The van der Waals surface area contributed by atoms with E-state index in [0.717, 1.165) is 36.1 Å². The van der Waals surface area contributed by atoms with Gasteiger partial charge in [0.15, 0.2) is 0 Å². The third kappa shape index (κ3) is 4.83. The van der Waals surface area contributed by atoms with E-state index in [1.807, 2.05) is 29.2 Å². The Bertz CT molecular complexity index is 1240. The van der Waals surface area contributed by atoms with Crippen molar-refractivity contribution in [3.8, 4) is 17.2 Å². The molecule has 2 heterocycles. The topological polar surface area (TPSA) is 79.6 Å². The van der Waals surface area contributed by atoms with Crippen molar-refractivity contribution in [3.63, 3.8) is 0 Å². The quantitative estimate of drug-likeness (QED) is 0.557. The minimum Gasteiger partial charge on any atom is -0.395 e. The van der Waals surface area contributed by atoms with E-state index in [1.165, 1.54) is 12.1 Å². The molecule has 5 rings (SSSR count). The minimum atomic E-state index is -0.340. The van der Waals surface area contributed by atoms with Gasteiger partial charge in [-0.3, -0.25) is 4.90 Å². The molecule has 0 unspecified atom stereocenters. The predicted octanol–water partition coefficient (Wildman–Crippen LogP) is 4.82. The number of nitrogens with zero attached hydrogens (tertiary/aromatic N) is 3. The molecular weight excluding hydrogens is 455 g/mol. The van der Waals surface area contributed by atoms with Crippen molar-refractivity contribution in [2.75, 3.05) is 31.6 Å². The Morgan fingerprint density at radius 3 is 2.25 bits per heavy atom. The Kier molecular flexibility index (Phi) is 6.99. The highest BCUT2D eigenvalue weighted by atomic mass is 19.1. The van der Waals surface area contributed by atoms with Crippen molar-refractivity contribution < 1.29 is 14.3 Å². The van der Waals surface area contributed by atoms with E-state index in [0.29, 0.717) is 24.3 Å². The van der Waals surface area contributed by atoms with Crippen LogP contribution in [-0.4, -0.2) is 59.3 Å². The maximum atomic E-state index is 13.2. The fourth-order valence-electron chi connectivity index (χ4n) is 5.50. The second kappa shape index (κ2) is 10.5. The number of aliphatic hydroxyl groups excluding tert-OH is 1. The number of anilines is 1. The molecule has 0 saturated carbocycles. The van der Waals surface area contributed by atoms with E-state index in [-0.39, 0.29) is 36.5 Å². The van der Waals surface area contributed by atoms with Gasteiger partial charge in [-0.15, -0.1) is 0 Å². The molecule has 2 saturated heterocycles. The Balaban J connectivity index is 1.33. The van der Waals surface area contributed by atoms with Gasteiger partial charge in [0.25, 0.3) is 0 Å². The van der Waals surface area contributed by atoms with E-state index in [1.54, 1.807) is 12.1 Å². The first-order valence-electron chi connectivity index (χ1n) is 12.4. The molecular formula is C29H29FN4O2. The summed E-state index contributed by atoms with van der Waals surface area (Å²) in [5.41, 5.74) is 4.46. The lowest BCUT2D eigenvalue weighted by atomic mass is 9.74. The number of rotatable bonds is 4. The molecule has 3 atom stereocenters. The van der Waals surface area contributed by atoms with Gasteiger partial charge in [0.1, 0.15) is 5.82 Å². The standard InChI is InChI=1S/C29H29FN4O2/c30-24-11-13-25(14-12-24)32-29(36)33-15-1-2-16-34-26(18-33)28(27(34)19-35)23-9-7-22(8-10-23)21-5-3-20(17-31)4-6-21/h3-14,26-28,35H,1-2,15-16,18-19H2,(H,32,36)/t26-,27-,28+/m1/s1. The lowest BCUT2D eigenvalue weighted by Crippen LogP contribution is -2.68. The lowest BCUT2D eigenvalue weighted by molar-refractivity contribution is -0.0585. The number of hydrogen-bond donors (Lipinski definition) is 2. The molecule has 0 aromatic heterocycles. The van der Waals surface area contributed by atoms with Crippen LogP contribution in [0.1, 0.15) is 29.9 Å². The Hall–Kier alpha value is -3.73. The number of carbonyl (C=O) groups is 1. The first-order chi connectivity index (χ1) is 17.6. The molecule has 3 aromatic rings. The van der Waals surface area contributed by atoms with Gasteiger partial charge >= 0.3 is 6.03 Å². The number of amides is 2. The van der Waals surface area contributed by atoms with Gasteiger partial charge in [0.05, 0.1) is 18.2 Å². The van der Waals surface area contributed by atoms with Gasteiger partial charge in [-0.2, -0.15) is 5.26 Å². The molecule has 2 fully saturated rings. The number of nitrogens with one attached hydrogen (secondary N) is 1. The van der Waals surface area contributed by atoms with Crippen LogP contribution in [0.15, 0.2) is 72.8 Å². The molecule has 2 aliphatic heterocycles. The van der Waals surface area contributed by atoms with Gasteiger partial charge in [0.2, 0.25) is 0 Å². The number of fused-ring (bicyclic) bond motifs is 1. The predicted molar refractivity (Wildman–Crippen MR) is 137 cm³/mol. The molecule has 2 N–H and O–H groups in total. The normalized spacial score (nSPS) is 21.9. The Labute approximate surface area is 210 Å². The maximum Gasteiger partial charge on any atom is 0.321 e. The second-order valence-electron chi connectivity index (χ2n) is 9.48. The fourth-order valence-corrected chi connectivity index (χ4v) is 5.50. The van der Waals surface area contributed by atoms with Crippen molar-refractivity contribution >= 4 is 11.7 Å². The zero-order valence-corrected chi connectivity index (χ0v) is 20.0. The molecule has 0 spiro atoms. The van der Waals surface area contributed by atoms with Gasteiger partial charge < -0.3 is 15.3 Å². The van der Waals surface area contributed by atoms with Crippen LogP contribution in [0, 0.1) is 17.1 Å². The summed E-state index contributed by atoms with van der Waals surface area (Å²) in [5, 5.41) is 22.1. The van der Waals surface area contributed by atoms with Crippen LogP contribution < -0.4 is 5.32 Å². The first kappa shape index (κ1) is 24.0. The van der Waals surface area contributed by atoms with Gasteiger partial charge in [-0.05, 0) is 72.5 Å². The average molecular weight is 485 g/mol. The van der Waals surface area contributed by atoms with Crippen LogP contribution >= 0.6 is 0 Å². The van der Waals surface area contributed by atoms with Crippen LogP contribution in [0.2, 0.25) is 0 Å². The monoisotopic (exact) mass is 484 g/mol. The van der Waals surface area contributed by atoms with Crippen molar-refractivity contribution in [3.05, 3.63) is 89.7 Å². The van der Waals surface area contributed by atoms with E-state index in [2.05, 4.69) is 40.6 Å². The summed E-state index contributed by atoms with van der Waals surface area (Å²) in [5.74, 6) is -0.225. The zero-order valence-electron chi connectivity index (χ0n) is 20.0. The van der Waals surface area contributed by atoms with E-state index >= 15 is 0 Å². The molecule has 2 aliphatic rings. The van der Waals surface area contributed by atoms with Gasteiger partial charge in [0, 0.05) is 36.8 Å². The molecule has 36 heavy (non-hydrogen) atoms. The smallest absolute Gasteiger partial charge is 0.321 e. The Morgan fingerprint density at radius 1 is 0.972 bits per heavy atom. The van der Waals surface area contributed by atoms with E-state index in [9.17, 15) is 14.3 Å². The lowest BCUT2D eigenvalue weighted by Gasteiger charge is -2.57. The third-order valence-corrected chi connectivity index (χ3v) is 7.40. The third-order valence-electron chi connectivity index (χ3n) is 7.40. The molecule has 0 aliphatic carbocycles. The summed E-state index contributed by atoms with van der Waals surface area (Å²) >= 11 is 0. The summed E-state index contributed by atoms with van der Waals surface area (Å²) in [7, 11) is 0. The maximum absolute atomic E-state index is 13.2. The minimum absolute atomic E-state index is 0.0240. The van der Waals surface area contributed by atoms with Crippen LogP contribution in [-0.2, 0) is 0 Å². The molecule has 0 radical (unpaired) electrons. The molecule has 184 valence electrons. The van der Waals surface area contributed by atoms with E-state index in [4.69, 9.17) is 5.26 Å². The molecule has 6 nitrogen and oxygen atoms in total. The Morgan fingerprint density at radius 2 is 1.61 bits per heavy atom. The van der Waals surface area contributed by atoms with E-state index < -0.39 is 0 Å². The fraction of sp³-hybridized carbons (Fsp3) is 0.310. The highest BCUT2D eigenvalue weighted by molar-refractivity contribution is 5.89. The van der Waals surface area contributed by atoms with Crippen LogP contribution in [0.25, 0.3) is 11.1 Å². The van der Waals surface area contributed by atoms with Crippen molar-refractivity contribution in [1.82, 2.24) is 9.80 Å². The summed E-state index contributed by atoms with van der Waals surface area (Å²) in [4.78, 5) is 17.2. The first-order valence-corrected chi connectivity index (χ1v) is 12.4. The second-order valence-corrected chi connectivity index (χ2v) is 9.48. The summed E-state index contributed by atoms with van der Waals surface area (Å²) in [6.07, 6.45) is 1.85. The van der Waals surface area contributed by atoms with Crippen LogP contribution in [0.4, 0.5) is 14.9 Å². The summed E-state index contributed by atoms with van der Waals surface area (Å²) in [6, 6.07) is 23.8. The number of hydrogen-bond acceptors (Lipinski definition) is 4. The number of urea groups is 1. The number of aliphatic hydroxyl groups is 1. The van der Waals surface area contributed by atoms with Crippen LogP contribution in [0.5, 0.6) is 0 Å². The number of nitriles is 1. The van der Waals surface area contributed by atoms with Crippen molar-refractivity contribution in [2.24, 2.45) is 0 Å². The molecule has 0 bridgehead atoms. The summed E-state index contributed by atoms with van der Waals surface area (Å²) in [6.45, 7) is 2.19. The number of halogens is 1. The van der Waals surface area contributed by atoms with Gasteiger partial charge in [-0.25, -0.2) is 9.18 Å².